The van der Waals surface area contributed by atoms with E-state index in [1.807, 2.05) is 36.1 Å². The third kappa shape index (κ3) is 2.55. The number of piperidine rings is 1. The fourth-order valence-electron chi connectivity index (χ4n) is 3.39. The largest absolute Gasteiger partial charge is 0.341 e. The Morgan fingerprint density at radius 1 is 1.14 bits per heavy atom. The van der Waals surface area contributed by atoms with E-state index in [1.54, 1.807) is 4.90 Å². The molecule has 2 aliphatic heterocycles. The standard InChI is InChI=1S/C17H22N2O2/c1-2-16(20)19-14-9-5-4-8-13(14)12-15(19)17(21)18-10-6-3-7-11-18/h4-5,8-9,15H,2-3,6-7,10-12H2,1H3. The highest BCUT2D eigenvalue weighted by molar-refractivity contribution is 6.03. The van der Waals surface area contributed by atoms with Gasteiger partial charge in [-0.3, -0.25) is 14.5 Å². The Bertz CT molecular complexity index is 549. The minimum absolute atomic E-state index is 0.0373. The molecule has 1 atom stereocenters. The molecule has 1 unspecified atom stereocenters. The highest BCUT2D eigenvalue weighted by Gasteiger charge is 2.39. The Balaban J connectivity index is 1.87. The zero-order valence-electron chi connectivity index (χ0n) is 12.5. The van der Waals surface area contributed by atoms with Gasteiger partial charge in [-0.1, -0.05) is 25.1 Å². The molecule has 0 aliphatic carbocycles. The molecule has 1 aromatic carbocycles. The van der Waals surface area contributed by atoms with Gasteiger partial charge >= 0.3 is 0 Å². The van der Waals surface area contributed by atoms with Crippen LogP contribution >= 0.6 is 0 Å². The van der Waals surface area contributed by atoms with Gasteiger partial charge in [0.05, 0.1) is 0 Å². The average molecular weight is 286 g/mol. The van der Waals surface area contributed by atoms with Crippen LogP contribution in [-0.4, -0.2) is 35.8 Å². The second kappa shape index (κ2) is 5.88. The first-order valence-electron chi connectivity index (χ1n) is 7.91. The molecule has 0 saturated carbocycles. The van der Waals surface area contributed by atoms with Crippen LogP contribution in [0.3, 0.4) is 0 Å². The average Bonchev–Trinajstić information content (AvgIpc) is 2.93. The summed E-state index contributed by atoms with van der Waals surface area (Å²) in [6.45, 7) is 3.52. The maximum atomic E-state index is 12.8. The minimum atomic E-state index is -0.340. The SMILES string of the molecule is CCC(=O)N1c2ccccc2CC1C(=O)N1CCCCC1. The molecular formula is C17H22N2O2. The number of amides is 2. The highest BCUT2D eigenvalue weighted by Crippen LogP contribution is 2.33. The molecule has 1 saturated heterocycles. The van der Waals surface area contributed by atoms with Crippen LogP contribution in [0.15, 0.2) is 24.3 Å². The molecule has 2 heterocycles. The fraction of sp³-hybridized carbons (Fsp3) is 0.529. The van der Waals surface area contributed by atoms with Gasteiger partial charge in [0, 0.05) is 31.6 Å². The topological polar surface area (TPSA) is 40.6 Å². The summed E-state index contributed by atoms with van der Waals surface area (Å²) >= 11 is 0. The second-order valence-corrected chi connectivity index (χ2v) is 5.85. The molecule has 1 fully saturated rings. The molecule has 4 heteroatoms. The van der Waals surface area contributed by atoms with Crippen molar-refractivity contribution in [1.29, 1.82) is 0 Å². The van der Waals surface area contributed by atoms with Crippen LogP contribution in [0.1, 0.15) is 38.2 Å². The van der Waals surface area contributed by atoms with E-state index >= 15 is 0 Å². The van der Waals surface area contributed by atoms with Gasteiger partial charge in [-0.15, -0.1) is 0 Å². The number of rotatable bonds is 2. The van der Waals surface area contributed by atoms with Crippen LogP contribution in [-0.2, 0) is 16.0 Å². The molecule has 0 spiro atoms. The predicted octanol–water partition coefficient (Wildman–Crippen LogP) is 2.37. The zero-order valence-corrected chi connectivity index (χ0v) is 12.5. The van der Waals surface area contributed by atoms with E-state index in [0.29, 0.717) is 12.8 Å². The van der Waals surface area contributed by atoms with Crippen molar-refractivity contribution >= 4 is 17.5 Å². The van der Waals surface area contributed by atoms with Gasteiger partial charge in [-0.25, -0.2) is 0 Å². The molecule has 2 aliphatic rings. The lowest BCUT2D eigenvalue weighted by Crippen LogP contribution is -2.50. The van der Waals surface area contributed by atoms with Crippen molar-refractivity contribution in [3.63, 3.8) is 0 Å². The Hall–Kier alpha value is -1.84. The van der Waals surface area contributed by atoms with Crippen molar-refractivity contribution in [3.05, 3.63) is 29.8 Å². The molecule has 0 aromatic heterocycles. The normalized spacial score (nSPS) is 21.3. The lowest BCUT2D eigenvalue weighted by molar-refractivity contribution is -0.135. The molecule has 112 valence electrons. The minimum Gasteiger partial charge on any atom is -0.341 e. The summed E-state index contributed by atoms with van der Waals surface area (Å²) in [4.78, 5) is 28.8. The smallest absolute Gasteiger partial charge is 0.246 e. The number of para-hydroxylation sites is 1. The number of hydrogen-bond acceptors (Lipinski definition) is 2. The van der Waals surface area contributed by atoms with Gasteiger partial charge in [0.2, 0.25) is 11.8 Å². The van der Waals surface area contributed by atoms with Crippen LogP contribution in [0.2, 0.25) is 0 Å². The van der Waals surface area contributed by atoms with Crippen molar-refractivity contribution in [2.45, 2.75) is 45.1 Å². The number of likely N-dealkylation sites (tertiary alicyclic amines) is 1. The van der Waals surface area contributed by atoms with Crippen molar-refractivity contribution < 1.29 is 9.59 Å². The van der Waals surface area contributed by atoms with Gasteiger partial charge in [-0.05, 0) is 30.9 Å². The van der Waals surface area contributed by atoms with E-state index in [1.165, 1.54) is 6.42 Å². The molecular weight excluding hydrogens is 264 g/mol. The molecule has 0 bridgehead atoms. The lowest BCUT2D eigenvalue weighted by atomic mass is 10.1. The zero-order chi connectivity index (χ0) is 14.8. The number of fused-ring (bicyclic) bond motifs is 1. The maximum absolute atomic E-state index is 12.8. The third-order valence-electron chi connectivity index (χ3n) is 4.50. The Kier molecular flexibility index (Phi) is 3.95. The first kappa shape index (κ1) is 14.1. The van der Waals surface area contributed by atoms with Gasteiger partial charge in [-0.2, -0.15) is 0 Å². The number of anilines is 1. The van der Waals surface area contributed by atoms with E-state index in [-0.39, 0.29) is 17.9 Å². The Labute approximate surface area is 125 Å². The van der Waals surface area contributed by atoms with Crippen LogP contribution in [0.25, 0.3) is 0 Å². The molecule has 21 heavy (non-hydrogen) atoms. The van der Waals surface area contributed by atoms with Crippen LogP contribution in [0.5, 0.6) is 0 Å². The predicted molar refractivity (Wildman–Crippen MR) is 82.1 cm³/mol. The summed E-state index contributed by atoms with van der Waals surface area (Å²) in [5, 5.41) is 0. The molecule has 4 nitrogen and oxygen atoms in total. The Morgan fingerprint density at radius 3 is 2.57 bits per heavy atom. The van der Waals surface area contributed by atoms with E-state index < -0.39 is 0 Å². The first-order valence-corrected chi connectivity index (χ1v) is 7.91. The van der Waals surface area contributed by atoms with Crippen LogP contribution in [0, 0.1) is 0 Å². The van der Waals surface area contributed by atoms with E-state index in [2.05, 4.69) is 0 Å². The lowest BCUT2D eigenvalue weighted by Gasteiger charge is -2.32. The van der Waals surface area contributed by atoms with Crippen LogP contribution in [0.4, 0.5) is 5.69 Å². The van der Waals surface area contributed by atoms with E-state index in [0.717, 1.165) is 37.2 Å². The number of hydrogen-bond donors (Lipinski definition) is 0. The summed E-state index contributed by atoms with van der Waals surface area (Å²) < 4.78 is 0. The van der Waals surface area contributed by atoms with Gasteiger partial charge in [0.25, 0.3) is 0 Å². The molecule has 1 aromatic rings. The third-order valence-corrected chi connectivity index (χ3v) is 4.50. The van der Waals surface area contributed by atoms with Gasteiger partial charge < -0.3 is 4.90 Å². The summed E-state index contributed by atoms with van der Waals surface area (Å²) in [5.41, 5.74) is 2.02. The first-order chi connectivity index (χ1) is 10.2. The molecule has 3 rings (SSSR count). The number of benzene rings is 1. The number of carbonyl (C=O) groups excluding carboxylic acids is 2. The summed E-state index contributed by atoms with van der Waals surface area (Å²) in [6, 6.07) is 7.54. The van der Waals surface area contributed by atoms with Crippen molar-refractivity contribution in [3.8, 4) is 0 Å². The van der Waals surface area contributed by atoms with Crippen molar-refractivity contribution in [2.75, 3.05) is 18.0 Å². The van der Waals surface area contributed by atoms with Crippen LogP contribution < -0.4 is 4.90 Å². The van der Waals surface area contributed by atoms with Crippen molar-refractivity contribution in [1.82, 2.24) is 4.90 Å². The summed E-state index contributed by atoms with van der Waals surface area (Å²) in [5.74, 6) is 0.156. The summed E-state index contributed by atoms with van der Waals surface area (Å²) in [6.07, 6.45) is 4.43. The van der Waals surface area contributed by atoms with E-state index in [9.17, 15) is 9.59 Å². The number of carbonyl (C=O) groups is 2. The van der Waals surface area contributed by atoms with Crippen molar-refractivity contribution in [2.24, 2.45) is 0 Å². The summed E-state index contributed by atoms with van der Waals surface area (Å²) in [7, 11) is 0. The fourth-order valence-corrected chi connectivity index (χ4v) is 3.39. The molecule has 0 N–H and O–H groups in total. The maximum Gasteiger partial charge on any atom is 0.246 e. The molecule has 0 radical (unpaired) electrons. The Morgan fingerprint density at radius 2 is 1.86 bits per heavy atom. The highest BCUT2D eigenvalue weighted by atomic mass is 16.2. The second-order valence-electron chi connectivity index (χ2n) is 5.85. The number of nitrogens with zero attached hydrogens (tertiary/aromatic N) is 2. The van der Waals surface area contributed by atoms with Gasteiger partial charge in [0.1, 0.15) is 6.04 Å². The quantitative estimate of drug-likeness (QED) is 0.837. The monoisotopic (exact) mass is 286 g/mol. The molecule has 2 amide bonds. The van der Waals surface area contributed by atoms with Gasteiger partial charge in [0.15, 0.2) is 0 Å². The van der Waals surface area contributed by atoms with E-state index in [4.69, 9.17) is 0 Å².